The molecule has 0 amide bonds. The van der Waals surface area contributed by atoms with Gasteiger partial charge in [-0.1, -0.05) is 30.3 Å². The van der Waals surface area contributed by atoms with E-state index in [2.05, 4.69) is 9.47 Å². The summed E-state index contributed by atoms with van der Waals surface area (Å²) in [7, 11) is 24.0. The Labute approximate surface area is 389 Å². The average Bonchev–Trinajstić information content (AvgIpc) is 3.38. The van der Waals surface area contributed by atoms with Crippen LogP contribution in [0.15, 0.2) is 84.9 Å². The van der Waals surface area contributed by atoms with Gasteiger partial charge >= 0.3 is 26.7 Å². The van der Waals surface area contributed by atoms with Crippen LogP contribution in [0.25, 0.3) is 10.8 Å². The zero-order chi connectivity index (χ0) is 49.5. The van der Waals surface area contributed by atoms with Crippen LogP contribution in [0, 0.1) is 0 Å². The van der Waals surface area contributed by atoms with Crippen molar-refractivity contribution in [1.29, 1.82) is 0 Å². The van der Waals surface area contributed by atoms with Crippen LogP contribution in [0.3, 0.4) is 0 Å². The van der Waals surface area contributed by atoms with E-state index >= 15 is 0 Å². The summed E-state index contributed by atoms with van der Waals surface area (Å²) in [5.74, 6) is 0.764. The van der Waals surface area contributed by atoms with Crippen molar-refractivity contribution in [2.75, 3.05) is 114 Å². The summed E-state index contributed by atoms with van der Waals surface area (Å²) in [5, 5.41) is 2.07. The maximum atomic E-state index is 11.5. The molecule has 0 bridgehead atoms. The molecule has 18 heteroatoms. The summed E-state index contributed by atoms with van der Waals surface area (Å²) in [5.41, 5.74) is 2.11. The van der Waals surface area contributed by atoms with Crippen molar-refractivity contribution in [2.45, 2.75) is 11.9 Å². The van der Waals surface area contributed by atoms with Gasteiger partial charge in [-0.2, -0.15) is 0 Å². The molecule has 362 valence electrons. The van der Waals surface area contributed by atoms with Gasteiger partial charge in [-0.15, -0.1) is 0 Å². The minimum Gasteiger partial charge on any atom is -0.496 e. The number of carbonyl (C=O) groups excluding carboxylic acids is 2. The number of benzene rings is 5. The van der Waals surface area contributed by atoms with Gasteiger partial charge < -0.3 is 75.8 Å². The molecule has 0 N–H and O–H groups in total. The highest BCUT2D eigenvalue weighted by molar-refractivity contribution is 5.94. The number of ether oxygens (including phenoxy) is 16. The normalized spacial score (nSPS) is 10.6. The van der Waals surface area contributed by atoms with Gasteiger partial charge in [-0.25, -0.2) is 9.59 Å². The summed E-state index contributed by atoms with van der Waals surface area (Å²) in [6.07, 6.45) is 0. The molecule has 0 aliphatic rings. The highest BCUT2D eigenvalue weighted by atomic mass is 16.9. The third kappa shape index (κ3) is 13.1. The molecule has 5 aromatic carbocycles. The van der Waals surface area contributed by atoms with Crippen LogP contribution >= 0.6 is 0 Å². The van der Waals surface area contributed by atoms with Gasteiger partial charge in [0.2, 0.25) is 5.75 Å². The standard InChI is InChI=1S/C15H18O4.C12H18O5.C11H14O5.C10H12O4/c1-16-14-12-8-6-5-7-11(12)9-10-13(14)15(17-2,18-3)19-4;1-13-10-7-6-9(8-11(10)14-2)12(15-3,16-4)17-5;1-13-8-6-5-7(11(12)16-4)9(14-2)10(8)15-3;1-12-8-5-4-7(10(11)14-3)6-9(8)13-2/h5-10H,1-4H3;6-8H,1-5H3;5-6H,1-4H3;4-6H,1-3H3/p+2. The van der Waals surface area contributed by atoms with E-state index in [4.69, 9.17) is 66.3 Å². The van der Waals surface area contributed by atoms with Crippen LogP contribution in [-0.2, 0) is 49.8 Å². The first-order valence-electron chi connectivity index (χ1n) is 19.6. The van der Waals surface area contributed by atoms with Crippen molar-refractivity contribution in [1.82, 2.24) is 0 Å². The zero-order valence-corrected chi connectivity index (χ0v) is 40.4. The van der Waals surface area contributed by atoms with Gasteiger partial charge in [0.15, 0.2) is 34.5 Å². The Bertz CT molecular complexity index is 2270. The maximum Gasteiger partial charge on any atom is 1.00 e. The Morgan fingerprint density at radius 3 is 1.33 bits per heavy atom. The summed E-state index contributed by atoms with van der Waals surface area (Å²) in [6, 6.07) is 25.2. The first-order chi connectivity index (χ1) is 31.8. The quantitative estimate of drug-likeness (QED) is 0.0611. The van der Waals surface area contributed by atoms with E-state index in [9.17, 15) is 9.59 Å². The Kier molecular flexibility index (Phi) is 23.3. The van der Waals surface area contributed by atoms with Crippen molar-refractivity contribution in [3.8, 4) is 46.0 Å². The molecule has 0 heterocycles. The highest BCUT2D eigenvalue weighted by Gasteiger charge is 2.36. The van der Waals surface area contributed by atoms with E-state index in [1.54, 1.807) is 69.9 Å². The summed E-state index contributed by atoms with van der Waals surface area (Å²) in [4.78, 5) is 22.6. The van der Waals surface area contributed by atoms with E-state index in [0.717, 1.165) is 10.8 Å². The van der Waals surface area contributed by atoms with Crippen molar-refractivity contribution in [3.05, 3.63) is 107 Å². The van der Waals surface area contributed by atoms with Crippen LogP contribution in [-0.4, -0.2) is 126 Å². The van der Waals surface area contributed by atoms with Gasteiger partial charge in [0.1, 0.15) is 11.3 Å². The first kappa shape index (κ1) is 55.6. The number of carbonyl (C=O) groups is 2. The van der Waals surface area contributed by atoms with E-state index < -0.39 is 23.9 Å². The van der Waals surface area contributed by atoms with E-state index in [0.29, 0.717) is 68.2 Å². The molecule has 0 saturated heterocycles. The molecule has 0 radical (unpaired) electrons. The molecule has 5 rings (SSSR count). The minimum absolute atomic E-state index is 0. The van der Waals surface area contributed by atoms with Gasteiger partial charge in [-0.05, 0) is 60.0 Å². The number of esters is 2. The Morgan fingerprint density at radius 1 is 0.394 bits per heavy atom. The zero-order valence-electron chi connectivity index (χ0n) is 42.4. The summed E-state index contributed by atoms with van der Waals surface area (Å²) < 4.78 is 82.5. The van der Waals surface area contributed by atoms with E-state index in [1.807, 2.05) is 36.4 Å². The molecule has 0 saturated carbocycles. The van der Waals surface area contributed by atoms with Crippen LogP contribution in [0.4, 0.5) is 0 Å². The van der Waals surface area contributed by atoms with Crippen LogP contribution < -0.4 is 37.9 Å². The topological polar surface area (TPSA) is 182 Å². The van der Waals surface area contributed by atoms with Crippen molar-refractivity contribution in [2.24, 2.45) is 0 Å². The van der Waals surface area contributed by atoms with Gasteiger partial charge in [-0.3, -0.25) is 0 Å². The van der Waals surface area contributed by atoms with Gasteiger partial charge in [0, 0.05) is 53.6 Å². The molecule has 18 nitrogen and oxygen atoms in total. The molecular formula is C48H64O18+2. The lowest BCUT2D eigenvalue weighted by Crippen LogP contribution is -2.33. The molecule has 0 aliphatic heterocycles. The number of fused-ring (bicyclic) bond motifs is 1. The molecule has 0 fully saturated rings. The Balaban J connectivity index is 0.000000877. The van der Waals surface area contributed by atoms with Crippen LogP contribution in [0.2, 0.25) is 0 Å². The SMILES string of the molecule is COC(=O)c1ccc(OC)c(OC)c1.COC(=O)c1ccc(OC)c(OC)c1OC.COc1c(C(OC)(OC)OC)ccc2ccccc12.COc1ccc(C(OC)(OC)OC)cc1OC.[H+].[H+]. The Hall–Kier alpha value is -6.54. The van der Waals surface area contributed by atoms with Crippen molar-refractivity contribution >= 4 is 22.7 Å². The lowest BCUT2D eigenvalue weighted by atomic mass is 10.0. The third-order valence-electron chi connectivity index (χ3n) is 9.68. The number of methoxy groups -OCH3 is 16. The predicted octanol–water partition coefficient (Wildman–Crippen LogP) is 7.87. The molecule has 0 aliphatic carbocycles. The average molecular weight is 929 g/mol. The highest BCUT2D eigenvalue weighted by Crippen LogP contribution is 2.41. The van der Waals surface area contributed by atoms with Crippen molar-refractivity contribution < 1.29 is 88.2 Å². The molecule has 0 atom stereocenters. The summed E-state index contributed by atoms with van der Waals surface area (Å²) in [6.45, 7) is 0. The molecule has 0 unspecified atom stereocenters. The number of rotatable bonds is 18. The van der Waals surface area contributed by atoms with Crippen molar-refractivity contribution in [3.63, 3.8) is 0 Å². The van der Waals surface area contributed by atoms with Gasteiger partial charge in [0.05, 0.1) is 82.2 Å². The maximum absolute atomic E-state index is 11.5. The second-order valence-electron chi connectivity index (χ2n) is 12.7. The third-order valence-corrected chi connectivity index (χ3v) is 9.68. The summed E-state index contributed by atoms with van der Waals surface area (Å²) >= 11 is 0. The fourth-order valence-corrected chi connectivity index (χ4v) is 6.37. The van der Waals surface area contributed by atoms with E-state index in [1.165, 1.54) is 92.4 Å². The van der Waals surface area contributed by atoms with Gasteiger partial charge in [0.25, 0.3) is 0 Å². The van der Waals surface area contributed by atoms with E-state index in [-0.39, 0.29) is 2.85 Å². The minimum atomic E-state index is -1.27. The second-order valence-corrected chi connectivity index (χ2v) is 12.7. The molecule has 5 aromatic rings. The largest absolute Gasteiger partial charge is 1.00 e. The number of hydrogen-bond donors (Lipinski definition) is 0. The monoisotopic (exact) mass is 928 g/mol. The molecule has 0 spiro atoms. The van der Waals surface area contributed by atoms with Crippen LogP contribution in [0.5, 0.6) is 46.0 Å². The second kappa shape index (κ2) is 27.7. The fourth-order valence-electron chi connectivity index (χ4n) is 6.37. The molecular weight excluding hydrogens is 865 g/mol. The molecule has 66 heavy (non-hydrogen) atoms. The number of hydrogen-bond acceptors (Lipinski definition) is 18. The predicted molar refractivity (Wildman–Crippen MR) is 246 cm³/mol. The molecule has 0 aromatic heterocycles. The Morgan fingerprint density at radius 2 is 0.864 bits per heavy atom. The smallest absolute Gasteiger partial charge is 0.496 e. The lowest BCUT2D eigenvalue weighted by Gasteiger charge is -2.30. The van der Waals surface area contributed by atoms with Crippen LogP contribution in [0.1, 0.15) is 34.7 Å². The first-order valence-corrected chi connectivity index (χ1v) is 19.6. The fraction of sp³-hybridized carbons (Fsp3) is 0.375. The lowest BCUT2D eigenvalue weighted by molar-refractivity contribution is -0.365.